The number of nitrogens with one attached hydrogen (secondary N) is 1. The van der Waals surface area contributed by atoms with E-state index in [1.165, 1.54) is 21.9 Å². The zero-order valence-electron chi connectivity index (χ0n) is 25.1. The van der Waals surface area contributed by atoms with E-state index in [2.05, 4.69) is 10.3 Å². The number of hydrogen-bond acceptors (Lipinski definition) is 8. The van der Waals surface area contributed by atoms with Crippen molar-refractivity contribution in [1.82, 2.24) is 24.7 Å². The Morgan fingerprint density at radius 3 is 2.73 bits per heavy atom. The zero-order valence-corrected chi connectivity index (χ0v) is 25.1. The molecule has 3 aromatic rings. The summed E-state index contributed by atoms with van der Waals surface area (Å²) in [5, 5.41) is 3.01. The van der Waals surface area contributed by atoms with Gasteiger partial charge in [0.15, 0.2) is 0 Å². The van der Waals surface area contributed by atoms with E-state index in [9.17, 15) is 19.2 Å². The molecule has 1 aromatic heterocycles. The Kier molecular flexibility index (Phi) is 9.59. The van der Waals surface area contributed by atoms with Crippen LogP contribution >= 0.6 is 0 Å². The minimum Gasteiger partial charge on any atom is -0.491 e. The number of likely N-dealkylation sites (tertiary alicyclic amines) is 1. The van der Waals surface area contributed by atoms with Crippen molar-refractivity contribution < 1.29 is 28.6 Å². The molecule has 1 N–H and O–H groups in total. The molecule has 2 atom stereocenters. The molecule has 0 saturated carbocycles. The lowest BCUT2D eigenvalue weighted by molar-refractivity contribution is -0.138. The van der Waals surface area contributed by atoms with Crippen LogP contribution < -0.4 is 20.5 Å². The summed E-state index contributed by atoms with van der Waals surface area (Å²) in [4.78, 5) is 59.0. The quantitative estimate of drug-likeness (QED) is 0.471. The van der Waals surface area contributed by atoms with Crippen molar-refractivity contribution in [3.8, 4) is 17.2 Å². The topological polar surface area (TPSA) is 132 Å². The highest BCUT2D eigenvalue weighted by Crippen LogP contribution is 2.30. The molecule has 1 saturated heterocycles. The molecule has 4 bridgehead atoms. The van der Waals surface area contributed by atoms with E-state index in [0.717, 1.165) is 5.56 Å². The number of likely N-dealkylation sites (N-methyl/N-ethyl adjacent to an activating group) is 1. The van der Waals surface area contributed by atoms with E-state index in [1.54, 1.807) is 36.1 Å². The molecule has 2 aliphatic heterocycles. The number of hydrogen-bond donors (Lipinski definition) is 1. The Morgan fingerprint density at radius 1 is 1.11 bits per heavy atom. The molecule has 3 heterocycles. The van der Waals surface area contributed by atoms with Gasteiger partial charge in [0, 0.05) is 43.7 Å². The van der Waals surface area contributed by atoms with Crippen LogP contribution in [0.25, 0.3) is 0 Å². The van der Waals surface area contributed by atoms with Gasteiger partial charge in [-0.1, -0.05) is 12.1 Å². The largest absolute Gasteiger partial charge is 0.491 e. The number of carbonyl (C=O) groups excluding carboxylic acids is 3. The van der Waals surface area contributed by atoms with Crippen molar-refractivity contribution in [2.45, 2.75) is 58.6 Å². The van der Waals surface area contributed by atoms with E-state index >= 15 is 0 Å². The molecule has 12 heteroatoms. The van der Waals surface area contributed by atoms with Crippen LogP contribution in [-0.4, -0.2) is 81.5 Å². The Morgan fingerprint density at radius 2 is 1.95 bits per heavy atom. The minimum atomic E-state index is -0.540. The van der Waals surface area contributed by atoms with Gasteiger partial charge in [-0.2, -0.15) is 0 Å². The maximum absolute atomic E-state index is 13.6. The summed E-state index contributed by atoms with van der Waals surface area (Å²) in [7, 11) is 0. The van der Waals surface area contributed by atoms with Gasteiger partial charge >= 0.3 is 5.69 Å². The molecule has 12 nitrogen and oxygen atoms in total. The van der Waals surface area contributed by atoms with Gasteiger partial charge in [0.25, 0.3) is 5.91 Å². The Balaban J connectivity index is 1.42. The van der Waals surface area contributed by atoms with Gasteiger partial charge in [-0.15, -0.1) is 0 Å². The van der Waals surface area contributed by atoms with Crippen LogP contribution in [0.1, 0.15) is 43.1 Å². The maximum Gasteiger partial charge on any atom is 0.347 e. The summed E-state index contributed by atoms with van der Waals surface area (Å²) in [5.74, 6) is 0.485. The van der Waals surface area contributed by atoms with Crippen molar-refractivity contribution in [3.63, 3.8) is 0 Å². The van der Waals surface area contributed by atoms with Crippen molar-refractivity contribution in [2.24, 2.45) is 0 Å². The number of amides is 3. The number of aromatic nitrogens is 2. The number of benzene rings is 2. The first-order chi connectivity index (χ1) is 21.2. The molecule has 0 radical (unpaired) electrons. The average molecular weight is 604 g/mol. The second-order valence-corrected chi connectivity index (χ2v) is 11.1. The van der Waals surface area contributed by atoms with Crippen LogP contribution in [0.3, 0.4) is 0 Å². The van der Waals surface area contributed by atoms with Gasteiger partial charge in [-0.3, -0.25) is 19.0 Å². The predicted molar refractivity (Wildman–Crippen MR) is 161 cm³/mol. The average Bonchev–Trinajstić information content (AvgIpc) is 2.99. The molecule has 1 fully saturated rings. The summed E-state index contributed by atoms with van der Waals surface area (Å²) >= 11 is 0. The fourth-order valence-electron chi connectivity index (χ4n) is 5.32. The van der Waals surface area contributed by atoms with Crippen molar-refractivity contribution in [2.75, 3.05) is 26.2 Å². The molecule has 0 spiro atoms. The lowest BCUT2D eigenvalue weighted by atomic mass is 10.0. The second-order valence-electron chi connectivity index (χ2n) is 11.1. The van der Waals surface area contributed by atoms with E-state index in [4.69, 9.17) is 14.2 Å². The summed E-state index contributed by atoms with van der Waals surface area (Å²) in [5.41, 5.74) is 0.676. The van der Waals surface area contributed by atoms with Gasteiger partial charge in [0.2, 0.25) is 11.8 Å². The molecule has 3 amide bonds. The van der Waals surface area contributed by atoms with Crippen LogP contribution in [0.5, 0.6) is 17.2 Å². The van der Waals surface area contributed by atoms with Crippen LogP contribution in [-0.2, 0) is 27.5 Å². The number of ether oxygens (including phenoxy) is 3. The van der Waals surface area contributed by atoms with Gasteiger partial charge in [-0.05, 0) is 63.1 Å². The first-order valence-electron chi connectivity index (χ1n) is 14.8. The van der Waals surface area contributed by atoms with Gasteiger partial charge in [0.05, 0.1) is 31.4 Å². The molecule has 44 heavy (non-hydrogen) atoms. The van der Waals surface area contributed by atoms with E-state index in [1.807, 2.05) is 38.1 Å². The van der Waals surface area contributed by atoms with Gasteiger partial charge < -0.3 is 29.3 Å². The molecule has 232 valence electrons. The standard InChI is InChI=1S/C32H37N5O7/c1-4-35-18-29(38)34-27-17-36(30(39)19-37-11-6-10-33-32(37)41)12-9-28(27)42-20-22-7-5-8-24(13-22)44-26-15-23(31(35)40)14-25(16-26)43-21(2)3/h5-8,10-11,13-16,21,27-28H,4,9,12,17-20H2,1-3H3,(H,34,38)/t27-,28-/m0/s1. The molecular weight excluding hydrogens is 566 g/mol. The zero-order chi connectivity index (χ0) is 31.2. The number of rotatable bonds is 5. The molecular formula is C32H37N5O7. The third-order valence-corrected chi connectivity index (χ3v) is 7.44. The van der Waals surface area contributed by atoms with Gasteiger partial charge in [-0.25, -0.2) is 9.78 Å². The summed E-state index contributed by atoms with van der Waals surface area (Å²) < 4.78 is 19.6. The third-order valence-electron chi connectivity index (χ3n) is 7.44. The Bertz CT molecular complexity index is 1570. The number of fused-ring (bicyclic) bond motifs is 5. The third kappa shape index (κ3) is 7.62. The van der Waals surface area contributed by atoms with Crippen molar-refractivity contribution in [1.29, 1.82) is 0 Å². The fraction of sp³-hybridized carbons (Fsp3) is 0.406. The van der Waals surface area contributed by atoms with Crippen molar-refractivity contribution in [3.05, 3.63) is 82.5 Å². The molecule has 0 aliphatic carbocycles. The molecule has 0 unspecified atom stereocenters. The summed E-state index contributed by atoms with van der Waals surface area (Å²) in [6.45, 7) is 6.36. The minimum absolute atomic E-state index is 0.125. The van der Waals surface area contributed by atoms with Gasteiger partial charge in [0.1, 0.15) is 23.8 Å². The van der Waals surface area contributed by atoms with E-state index < -0.39 is 17.8 Å². The first kappa shape index (κ1) is 30.7. The summed E-state index contributed by atoms with van der Waals surface area (Å²) in [6.07, 6.45) is 2.84. The lowest BCUT2D eigenvalue weighted by Crippen LogP contribution is -2.58. The normalized spacial score (nSPS) is 19.2. The van der Waals surface area contributed by atoms with Crippen molar-refractivity contribution >= 4 is 17.7 Å². The monoisotopic (exact) mass is 603 g/mol. The van der Waals surface area contributed by atoms with Crippen LogP contribution in [0.2, 0.25) is 0 Å². The smallest absolute Gasteiger partial charge is 0.347 e. The number of piperidine rings is 1. The van der Waals surface area contributed by atoms with E-state index in [-0.39, 0.29) is 56.6 Å². The first-order valence-corrected chi connectivity index (χ1v) is 14.8. The fourth-order valence-corrected chi connectivity index (χ4v) is 5.32. The highest BCUT2D eigenvalue weighted by atomic mass is 16.5. The van der Waals surface area contributed by atoms with Crippen LogP contribution in [0.15, 0.2) is 65.7 Å². The second kappa shape index (κ2) is 13.7. The molecule has 2 aliphatic rings. The lowest BCUT2D eigenvalue weighted by Gasteiger charge is -2.39. The number of nitrogens with zero attached hydrogens (tertiary/aromatic N) is 4. The number of carbonyl (C=O) groups is 3. The SMILES string of the molecule is CCN1CC(=O)N[C@H]2CN(C(=O)Cn3cccnc3=O)CC[C@@H]2OCc2cccc(c2)Oc2cc(OC(C)C)cc(c2)C1=O. The summed E-state index contributed by atoms with van der Waals surface area (Å²) in [6, 6.07) is 13.5. The molecule has 5 rings (SSSR count). The predicted octanol–water partition coefficient (Wildman–Crippen LogP) is 2.60. The Hall–Kier alpha value is -4.71. The highest BCUT2D eigenvalue weighted by Gasteiger charge is 2.34. The molecule has 2 aromatic carbocycles. The van der Waals surface area contributed by atoms with Crippen LogP contribution in [0, 0.1) is 0 Å². The Labute approximate surface area is 255 Å². The van der Waals surface area contributed by atoms with Crippen LogP contribution in [0.4, 0.5) is 0 Å². The van der Waals surface area contributed by atoms with E-state index in [0.29, 0.717) is 35.8 Å². The highest BCUT2D eigenvalue weighted by molar-refractivity contribution is 5.97. The maximum atomic E-state index is 13.6.